The molecule has 1 amide bonds. The Kier molecular flexibility index (Phi) is 7.09. The molecule has 0 heterocycles. The largest absolute Gasteiger partial charge is 0.465 e. The van der Waals surface area contributed by atoms with Crippen molar-refractivity contribution in [1.82, 2.24) is 5.32 Å². The summed E-state index contributed by atoms with van der Waals surface area (Å²) in [6.07, 6.45) is 1.17. The van der Waals surface area contributed by atoms with Gasteiger partial charge in [-0.3, -0.25) is 5.32 Å². The quantitative estimate of drug-likeness (QED) is 0.278. The molecule has 1 aliphatic carbocycles. The zero-order valence-electron chi connectivity index (χ0n) is 17.6. The lowest BCUT2D eigenvalue weighted by Crippen LogP contribution is -2.75. The molecular formula is C22H29N3O6S. The molecule has 0 unspecified atom stereocenters. The van der Waals surface area contributed by atoms with Crippen molar-refractivity contribution >= 4 is 21.6 Å². The first-order chi connectivity index (χ1) is 15.1. The van der Waals surface area contributed by atoms with Gasteiger partial charge in [0.25, 0.3) is 0 Å². The van der Waals surface area contributed by atoms with Crippen molar-refractivity contribution in [3.63, 3.8) is 0 Å². The molecule has 2 aromatic rings. The molecular weight excluding hydrogens is 434 g/mol. The van der Waals surface area contributed by atoms with Crippen LogP contribution in [0.3, 0.4) is 0 Å². The molecule has 0 aliphatic heterocycles. The molecule has 0 bridgehead atoms. The standard InChI is InChI=1S/C22H29N3O6S/c23-17-9-6-12-19(13-17)32(29,30)22(28,15-31-18-10-4-5-11-18)21(24,25-20(26)27)14-16-7-2-1-3-8-16/h1-3,6-9,12-13,18,25,28H,4-5,10-11,14-15,23-24H2,(H,26,27)/t21-,22-/m0/s1. The van der Waals surface area contributed by atoms with E-state index >= 15 is 0 Å². The van der Waals surface area contributed by atoms with Gasteiger partial charge < -0.3 is 26.4 Å². The Morgan fingerprint density at radius 1 is 1.12 bits per heavy atom. The van der Waals surface area contributed by atoms with Gasteiger partial charge in [0.2, 0.25) is 14.8 Å². The lowest BCUT2D eigenvalue weighted by Gasteiger charge is -2.43. The maximum absolute atomic E-state index is 13.7. The lowest BCUT2D eigenvalue weighted by molar-refractivity contribution is -0.0695. The molecule has 1 fully saturated rings. The van der Waals surface area contributed by atoms with Crippen LogP contribution in [0.15, 0.2) is 59.5 Å². The molecule has 3 rings (SSSR count). The number of benzene rings is 2. The van der Waals surface area contributed by atoms with E-state index in [1.165, 1.54) is 24.3 Å². The fourth-order valence-electron chi connectivity index (χ4n) is 4.00. The lowest BCUT2D eigenvalue weighted by atomic mass is 9.94. The van der Waals surface area contributed by atoms with E-state index < -0.39 is 33.1 Å². The molecule has 0 aromatic heterocycles. The first kappa shape index (κ1) is 24.0. The molecule has 0 saturated heterocycles. The van der Waals surface area contributed by atoms with Crippen molar-refractivity contribution in [2.24, 2.45) is 5.73 Å². The van der Waals surface area contributed by atoms with Gasteiger partial charge in [0, 0.05) is 12.1 Å². The number of carbonyl (C=O) groups is 1. The third-order valence-corrected chi connectivity index (χ3v) is 8.03. The van der Waals surface area contributed by atoms with Crippen LogP contribution >= 0.6 is 0 Å². The highest BCUT2D eigenvalue weighted by molar-refractivity contribution is 7.92. The van der Waals surface area contributed by atoms with Crippen LogP contribution in [0.25, 0.3) is 0 Å². The number of hydrogen-bond acceptors (Lipinski definition) is 7. The number of aliphatic hydroxyl groups is 1. The van der Waals surface area contributed by atoms with E-state index in [9.17, 15) is 23.4 Å². The Morgan fingerprint density at radius 2 is 1.78 bits per heavy atom. The van der Waals surface area contributed by atoms with Crippen LogP contribution in [0, 0.1) is 0 Å². The summed E-state index contributed by atoms with van der Waals surface area (Å²) in [5.41, 5.74) is 10.6. The molecule has 1 saturated carbocycles. The monoisotopic (exact) mass is 463 g/mol. The number of rotatable bonds is 9. The van der Waals surface area contributed by atoms with Gasteiger partial charge >= 0.3 is 6.09 Å². The molecule has 0 spiro atoms. The van der Waals surface area contributed by atoms with Gasteiger partial charge in [-0.25, -0.2) is 13.2 Å². The van der Waals surface area contributed by atoms with Crippen LogP contribution in [0.4, 0.5) is 10.5 Å². The molecule has 2 aromatic carbocycles. The zero-order chi connectivity index (χ0) is 23.4. The summed E-state index contributed by atoms with van der Waals surface area (Å²) in [7, 11) is -4.64. The highest BCUT2D eigenvalue weighted by Crippen LogP contribution is 2.35. The van der Waals surface area contributed by atoms with Crippen LogP contribution in [0.2, 0.25) is 0 Å². The molecule has 2 atom stereocenters. The van der Waals surface area contributed by atoms with Crippen LogP contribution < -0.4 is 16.8 Å². The number of amides is 1. The minimum atomic E-state index is -4.64. The Labute approximate surface area is 187 Å². The minimum absolute atomic E-state index is 0.169. The number of nitrogen functional groups attached to an aromatic ring is 1. The Bertz CT molecular complexity index is 1040. The summed E-state index contributed by atoms with van der Waals surface area (Å²) >= 11 is 0. The second-order valence-corrected chi connectivity index (χ2v) is 10.3. The highest BCUT2D eigenvalue weighted by Gasteiger charge is 2.59. The van der Waals surface area contributed by atoms with Crippen molar-refractivity contribution in [3.05, 3.63) is 60.2 Å². The fourth-order valence-corrected chi connectivity index (χ4v) is 5.76. The molecule has 32 heavy (non-hydrogen) atoms. The van der Waals surface area contributed by atoms with E-state index in [0.29, 0.717) is 5.56 Å². The Hall–Kier alpha value is -2.66. The first-order valence-electron chi connectivity index (χ1n) is 10.4. The fraction of sp³-hybridized carbons (Fsp3) is 0.409. The summed E-state index contributed by atoms with van der Waals surface area (Å²) in [5.74, 6) is 0. The van der Waals surface area contributed by atoms with E-state index in [1.807, 2.05) is 0 Å². The van der Waals surface area contributed by atoms with Crippen LogP contribution in [-0.4, -0.2) is 48.0 Å². The van der Waals surface area contributed by atoms with Gasteiger partial charge in [-0.1, -0.05) is 49.2 Å². The Morgan fingerprint density at radius 3 is 2.38 bits per heavy atom. The average molecular weight is 464 g/mol. The first-order valence-corrected chi connectivity index (χ1v) is 11.8. The number of sulfone groups is 1. The van der Waals surface area contributed by atoms with Gasteiger partial charge in [0.1, 0.15) is 5.66 Å². The third-order valence-electron chi connectivity index (χ3n) is 5.78. The van der Waals surface area contributed by atoms with Crippen molar-refractivity contribution in [2.45, 2.75) is 53.7 Å². The van der Waals surface area contributed by atoms with E-state index in [2.05, 4.69) is 5.32 Å². The van der Waals surface area contributed by atoms with Crippen molar-refractivity contribution in [3.8, 4) is 0 Å². The van der Waals surface area contributed by atoms with Crippen molar-refractivity contribution in [2.75, 3.05) is 12.3 Å². The number of hydrogen-bond donors (Lipinski definition) is 5. The van der Waals surface area contributed by atoms with Crippen LogP contribution in [-0.2, 0) is 21.0 Å². The average Bonchev–Trinajstić information content (AvgIpc) is 3.25. The van der Waals surface area contributed by atoms with Gasteiger partial charge in [0.15, 0.2) is 0 Å². The van der Waals surface area contributed by atoms with Gasteiger partial charge in [-0.05, 0) is 36.6 Å². The molecule has 1 aliphatic rings. The normalized spacial score (nSPS) is 18.6. The predicted octanol–water partition coefficient (Wildman–Crippen LogP) is 1.86. The highest BCUT2D eigenvalue weighted by atomic mass is 32.2. The SMILES string of the molecule is Nc1cccc(S(=O)(=O)[C@@](O)(COC2CCCC2)[C@](N)(Cc2ccccc2)NC(=O)O)c1. The van der Waals surface area contributed by atoms with Gasteiger partial charge in [-0.2, -0.15) is 0 Å². The van der Waals surface area contributed by atoms with E-state index in [-0.39, 0.29) is 23.1 Å². The van der Waals surface area contributed by atoms with E-state index in [1.54, 1.807) is 30.3 Å². The molecule has 174 valence electrons. The number of ether oxygens (including phenoxy) is 1. The van der Waals surface area contributed by atoms with E-state index in [4.69, 9.17) is 16.2 Å². The summed E-state index contributed by atoms with van der Waals surface area (Å²) in [5, 5.41) is 23.3. The molecule has 7 N–H and O–H groups in total. The third kappa shape index (κ3) is 4.88. The summed E-state index contributed by atoms with van der Waals surface area (Å²) in [4.78, 5) is 8.56. The maximum atomic E-state index is 13.7. The van der Waals surface area contributed by atoms with Gasteiger partial charge in [-0.15, -0.1) is 0 Å². The topological polar surface area (TPSA) is 165 Å². The molecule has 0 radical (unpaired) electrons. The predicted molar refractivity (Wildman–Crippen MR) is 119 cm³/mol. The van der Waals surface area contributed by atoms with Crippen molar-refractivity contribution < 1.29 is 28.2 Å². The summed E-state index contributed by atoms with van der Waals surface area (Å²) in [6, 6.07) is 13.9. The maximum Gasteiger partial charge on any atom is 0.406 e. The second kappa shape index (κ2) is 9.45. The van der Waals surface area contributed by atoms with Crippen LogP contribution in [0.1, 0.15) is 31.2 Å². The molecule has 10 heteroatoms. The summed E-state index contributed by atoms with van der Waals surface area (Å²) < 4.78 is 33.3. The number of carboxylic acid groups (broad SMARTS) is 1. The van der Waals surface area contributed by atoms with Crippen LogP contribution in [0.5, 0.6) is 0 Å². The zero-order valence-corrected chi connectivity index (χ0v) is 18.4. The number of nitrogens with one attached hydrogen (secondary N) is 1. The van der Waals surface area contributed by atoms with E-state index in [0.717, 1.165) is 25.7 Å². The van der Waals surface area contributed by atoms with Crippen molar-refractivity contribution in [1.29, 1.82) is 0 Å². The number of anilines is 1. The number of nitrogens with two attached hydrogens (primary N) is 2. The summed E-state index contributed by atoms with van der Waals surface area (Å²) in [6.45, 7) is -0.710. The smallest absolute Gasteiger partial charge is 0.406 e. The Balaban J connectivity index is 2.11. The molecule has 9 nitrogen and oxygen atoms in total. The van der Waals surface area contributed by atoms with Gasteiger partial charge in [0.05, 0.1) is 17.6 Å². The minimum Gasteiger partial charge on any atom is -0.465 e. The second-order valence-electron chi connectivity index (χ2n) is 8.14.